The lowest BCUT2D eigenvalue weighted by Gasteiger charge is -2.08. The van der Waals surface area contributed by atoms with Gasteiger partial charge in [-0.2, -0.15) is 0 Å². The Hall–Kier alpha value is -1.27. The average Bonchev–Trinajstić information content (AvgIpc) is 2.15. The number of nitrogens with two attached hydrogens (primary N) is 1. The normalized spacial score (nSPS) is 11.1. The number of ether oxygens (including phenoxy) is 2. The number of rotatable bonds is 3. The van der Waals surface area contributed by atoms with Gasteiger partial charge in [-0.1, -0.05) is 0 Å². The first kappa shape index (κ1) is 10.8. The van der Waals surface area contributed by atoms with Crippen molar-refractivity contribution in [2.24, 2.45) is 5.14 Å². The lowest BCUT2D eigenvalue weighted by molar-refractivity contribution is 0.354. The molecule has 0 unspecified atom stereocenters. The lowest BCUT2D eigenvalue weighted by Crippen LogP contribution is -2.12. The predicted molar refractivity (Wildman–Crippen MR) is 50.9 cm³/mol. The lowest BCUT2D eigenvalue weighted by atomic mass is 10.3. The quantitative estimate of drug-likeness (QED) is 0.792. The van der Waals surface area contributed by atoms with Gasteiger partial charge in [-0.15, -0.1) is 0 Å². The largest absolute Gasteiger partial charge is 0.493 e. The topological polar surface area (TPSA) is 78.6 Å². The van der Waals surface area contributed by atoms with Gasteiger partial charge in [0.05, 0.1) is 19.1 Å². The number of methoxy groups -OCH3 is 2. The first-order chi connectivity index (χ1) is 6.49. The summed E-state index contributed by atoms with van der Waals surface area (Å²) in [6.07, 6.45) is 0. The van der Waals surface area contributed by atoms with Crippen LogP contribution in [0, 0.1) is 0 Å². The van der Waals surface area contributed by atoms with E-state index in [-0.39, 0.29) is 4.90 Å². The Morgan fingerprint density at radius 2 is 1.71 bits per heavy atom. The number of primary sulfonamides is 1. The van der Waals surface area contributed by atoms with Crippen molar-refractivity contribution in [3.8, 4) is 11.5 Å². The summed E-state index contributed by atoms with van der Waals surface area (Å²) in [6.45, 7) is 0. The highest BCUT2D eigenvalue weighted by Crippen LogP contribution is 2.28. The Morgan fingerprint density at radius 3 is 2.14 bits per heavy atom. The molecule has 0 saturated carbocycles. The van der Waals surface area contributed by atoms with E-state index in [1.165, 1.54) is 32.4 Å². The molecule has 2 N–H and O–H groups in total. The van der Waals surface area contributed by atoms with Gasteiger partial charge in [0.15, 0.2) is 11.5 Å². The maximum absolute atomic E-state index is 11.0. The highest BCUT2D eigenvalue weighted by molar-refractivity contribution is 7.89. The Kier molecular flexibility index (Phi) is 2.97. The number of hydrogen-bond donors (Lipinski definition) is 1. The second-order valence-electron chi connectivity index (χ2n) is 2.56. The van der Waals surface area contributed by atoms with Crippen LogP contribution in [0.5, 0.6) is 11.5 Å². The van der Waals surface area contributed by atoms with E-state index in [4.69, 9.17) is 14.6 Å². The van der Waals surface area contributed by atoms with Crippen LogP contribution >= 0.6 is 0 Å². The Labute approximate surface area is 82.5 Å². The maximum atomic E-state index is 11.0. The average molecular weight is 217 g/mol. The molecule has 0 fully saturated rings. The summed E-state index contributed by atoms with van der Waals surface area (Å²) in [5.41, 5.74) is 0. The molecule has 0 amide bonds. The van der Waals surface area contributed by atoms with Gasteiger partial charge in [0.2, 0.25) is 10.0 Å². The van der Waals surface area contributed by atoms with Crippen molar-refractivity contribution in [2.75, 3.05) is 14.2 Å². The van der Waals surface area contributed by atoms with Crippen molar-refractivity contribution in [2.45, 2.75) is 4.90 Å². The van der Waals surface area contributed by atoms with Crippen LogP contribution in [0.1, 0.15) is 0 Å². The van der Waals surface area contributed by atoms with Crippen LogP contribution in [0.3, 0.4) is 0 Å². The molecule has 0 aliphatic carbocycles. The smallest absolute Gasteiger partial charge is 0.238 e. The molecule has 0 heterocycles. The van der Waals surface area contributed by atoms with Crippen LogP contribution in [0.2, 0.25) is 0 Å². The molecule has 5 nitrogen and oxygen atoms in total. The van der Waals surface area contributed by atoms with Crippen molar-refractivity contribution < 1.29 is 17.9 Å². The molecule has 6 heteroatoms. The van der Waals surface area contributed by atoms with Gasteiger partial charge in [-0.3, -0.25) is 0 Å². The summed E-state index contributed by atoms with van der Waals surface area (Å²) in [4.78, 5) is -0.00449. The van der Waals surface area contributed by atoms with Crippen molar-refractivity contribution in [1.29, 1.82) is 0 Å². The Balaban J connectivity index is 3.28. The van der Waals surface area contributed by atoms with Crippen LogP contribution in [0.25, 0.3) is 0 Å². The highest BCUT2D eigenvalue weighted by atomic mass is 32.2. The fourth-order valence-corrected chi connectivity index (χ4v) is 1.52. The van der Waals surface area contributed by atoms with Gasteiger partial charge in [0.1, 0.15) is 0 Å². The van der Waals surface area contributed by atoms with Crippen molar-refractivity contribution in [3.05, 3.63) is 18.2 Å². The third-order valence-corrected chi connectivity index (χ3v) is 2.59. The van der Waals surface area contributed by atoms with Crippen LogP contribution in [-0.2, 0) is 10.0 Å². The van der Waals surface area contributed by atoms with Gasteiger partial charge in [-0.05, 0) is 12.1 Å². The second kappa shape index (κ2) is 3.85. The fourth-order valence-electron chi connectivity index (χ4n) is 0.994. The first-order valence-electron chi connectivity index (χ1n) is 3.74. The minimum Gasteiger partial charge on any atom is -0.493 e. The number of hydrogen-bond acceptors (Lipinski definition) is 4. The summed E-state index contributed by atoms with van der Waals surface area (Å²) in [5.74, 6) is 0.791. The molecular weight excluding hydrogens is 206 g/mol. The predicted octanol–water partition coefficient (Wildman–Crippen LogP) is 0.351. The molecule has 0 bridgehead atoms. The van der Waals surface area contributed by atoms with Gasteiger partial charge >= 0.3 is 0 Å². The van der Waals surface area contributed by atoms with E-state index in [2.05, 4.69) is 0 Å². The molecule has 78 valence electrons. The molecule has 1 aromatic carbocycles. The molecule has 0 spiro atoms. The fraction of sp³-hybridized carbons (Fsp3) is 0.250. The van der Waals surface area contributed by atoms with Crippen molar-refractivity contribution in [3.63, 3.8) is 0 Å². The van der Waals surface area contributed by atoms with Crippen LogP contribution in [-0.4, -0.2) is 22.6 Å². The maximum Gasteiger partial charge on any atom is 0.238 e. The number of benzene rings is 1. The third-order valence-electron chi connectivity index (χ3n) is 1.68. The van der Waals surface area contributed by atoms with Gasteiger partial charge < -0.3 is 9.47 Å². The van der Waals surface area contributed by atoms with Crippen molar-refractivity contribution in [1.82, 2.24) is 0 Å². The van der Waals surface area contributed by atoms with Crippen LogP contribution in [0.15, 0.2) is 23.1 Å². The monoisotopic (exact) mass is 217 g/mol. The number of sulfonamides is 1. The van der Waals surface area contributed by atoms with E-state index in [0.717, 1.165) is 0 Å². The van der Waals surface area contributed by atoms with E-state index in [0.29, 0.717) is 11.5 Å². The zero-order valence-corrected chi connectivity index (χ0v) is 8.67. The van der Waals surface area contributed by atoms with Crippen LogP contribution in [0.4, 0.5) is 0 Å². The van der Waals surface area contributed by atoms with E-state index >= 15 is 0 Å². The standard InChI is InChI=1S/C8H11NO4S/c1-12-7-4-3-6(14(9,10)11)5-8(7)13-2/h3-5H,1-2H3,(H2,9,10,11). The molecule has 1 rings (SSSR count). The van der Waals surface area contributed by atoms with E-state index < -0.39 is 10.0 Å². The zero-order chi connectivity index (χ0) is 10.8. The Morgan fingerprint density at radius 1 is 1.14 bits per heavy atom. The van der Waals surface area contributed by atoms with E-state index in [1.54, 1.807) is 0 Å². The second-order valence-corrected chi connectivity index (χ2v) is 4.12. The summed E-state index contributed by atoms with van der Waals surface area (Å²) in [5, 5.41) is 4.95. The molecular formula is C8H11NO4S. The molecule has 0 aromatic heterocycles. The van der Waals surface area contributed by atoms with Gasteiger partial charge in [-0.25, -0.2) is 13.6 Å². The minimum atomic E-state index is -3.70. The zero-order valence-electron chi connectivity index (χ0n) is 7.85. The van der Waals surface area contributed by atoms with Crippen molar-refractivity contribution >= 4 is 10.0 Å². The molecule has 0 aliphatic rings. The molecule has 0 radical (unpaired) electrons. The molecule has 1 aromatic rings. The summed E-state index contributed by atoms with van der Waals surface area (Å²) >= 11 is 0. The third kappa shape index (κ3) is 2.15. The van der Waals surface area contributed by atoms with E-state index in [1.807, 2.05) is 0 Å². The highest BCUT2D eigenvalue weighted by Gasteiger charge is 2.11. The summed E-state index contributed by atoms with van der Waals surface area (Å²) < 4.78 is 31.8. The summed E-state index contributed by atoms with van der Waals surface area (Å²) in [7, 11) is -0.808. The molecule has 0 saturated heterocycles. The molecule has 0 atom stereocenters. The van der Waals surface area contributed by atoms with E-state index in [9.17, 15) is 8.42 Å². The minimum absolute atomic E-state index is 0.00449. The first-order valence-corrected chi connectivity index (χ1v) is 5.28. The van der Waals surface area contributed by atoms with Gasteiger partial charge in [0, 0.05) is 6.07 Å². The summed E-state index contributed by atoms with van der Waals surface area (Å²) in [6, 6.07) is 4.16. The molecule has 0 aliphatic heterocycles. The Bertz CT molecular complexity index is 427. The van der Waals surface area contributed by atoms with Gasteiger partial charge in [0.25, 0.3) is 0 Å². The van der Waals surface area contributed by atoms with Crippen LogP contribution < -0.4 is 14.6 Å². The SMILES string of the molecule is COc1ccc(S(N)(=O)=O)cc1OC. The molecule has 14 heavy (non-hydrogen) atoms.